The van der Waals surface area contributed by atoms with Gasteiger partial charge in [-0.05, 0) is 40.0 Å². The molecule has 0 aliphatic carbocycles. The van der Waals surface area contributed by atoms with E-state index in [-0.39, 0.29) is 17.9 Å². The monoisotopic (exact) mass is 427 g/mol. The van der Waals surface area contributed by atoms with Crippen LogP contribution in [0.5, 0.6) is 0 Å². The number of amides is 2. The second kappa shape index (κ2) is 13.3. The molecule has 9 nitrogen and oxygen atoms in total. The van der Waals surface area contributed by atoms with Crippen LogP contribution >= 0.6 is 0 Å². The Kier molecular flexibility index (Phi) is 11.5. The van der Waals surface area contributed by atoms with Crippen molar-refractivity contribution in [3.05, 3.63) is 0 Å². The summed E-state index contributed by atoms with van der Waals surface area (Å²) in [5, 5.41) is 8.94. The standard InChI is InChI=1S/C21H41N5O4/c1-16(2)18(27)23-11-12-24-19(22-6)26-13-8-17(9-14-26)29-15-7-10-25-20(28)30-21(3,4)5/h16-17H,7-15H2,1-6H3,(H,22,24)(H,23,27)(H,25,28). The summed E-state index contributed by atoms with van der Waals surface area (Å²) in [4.78, 5) is 29.7. The van der Waals surface area contributed by atoms with Crippen LogP contribution in [-0.2, 0) is 14.3 Å². The summed E-state index contributed by atoms with van der Waals surface area (Å²) in [6.07, 6.45) is 2.46. The van der Waals surface area contributed by atoms with E-state index < -0.39 is 11.7 Å². The van der Waals surface area contributed by atoms with Gasteiger partial charge in [-0.25, -0.2) is 4.79 Å². The van der Waals surface area contributed by atoms with Crippen molar-refractivity contribution in [2.24, 2.45) is 10.9 Å². The number of hydrogen-bond acceptors (Lipinski definition) is 5. The smallest absolute Gasteiger partial charge is 0.407 e. The number of nitrogens with zero attached hydrogens (tertiary/aromatic N) is 2. The van der Waals surface area contributed by atoms with Crippen LogP contribution in [-0.4, -0.2) is 80.9 Å². The first-order valence-corrected chi connectivity index (χ1v) is 10.9. The number of aliphatic imine (C=N–C) groups is 1. The van der Waals surface area contributed by atoms with Crippen LogP contribution in [0.15, 0.2) is 4.99 Å². The Bertz CT molecular complexity index is 552. The highest BCUT2D eigenvalue weighted by Gasteiger charge is 2.22. The number of carbonyl (C=O) groups is 2. The first kappa shape index (κ1) is 26.0. The Morgan fingerprint density at radius 2 is 1.70 bits per heavy atom. The van der Waals surface area contributed by atoms with Gasteiger partial charge in [-0.2, -0.15) is 0 Å². The van der Waals surface area contributed by atoms with Crippen LogP contribution in [0.25, 0.3) is 0 Å². The van der Waals surface area contributed by atoms with Gasteiger partial charge in [0.25, 0.3) is 0 Å². The lowest BCUT2D eigenvalue weighted by Crippen LogP contribution is -2.48. The molecule has 0 aromatic heterocycles. The van der Waals surface area contributed by atoms with Crippen LogP contribution in [0, 0.1) is 5.92 Å². The molecule has 0 saturated carbocycles. The molecule has 1 heterocycles. The minimum absolute atomic E-state index is 0.00330. The zero-order valence-corrected chi connectivity index (χ0v) is 19.5. The molecule has 0 aromatic rings. The van der Waals surface area contributed by atoms with Gasteiger partial charge in [-0.3, -0.25) is 9.79 Å². The SMILES string of the molecule is CN=C(NCCNC(=O)C(C)C)N1CCC(OCCCNC(=O)OC(C)(C)C)CC1. The molecule has 0 radical (unpaired) electrons. The lowest BCUT2D eigenvalue weighted by atomic mass is 10.1. The van der Waals surface area contributed by atoms with Gasteiger partial charge in [0, 0.05) is 52.3 Å². The molecule has 3 N–H and O–H groups in total. The third-order valence-electron chi connectivity index (χ3n) is 4.53. The Morgan fingerprint density at radius 1 is 1.07 bits per heavy atom. The maximum Gasteiger partial charge on any atom is 0.407 e. The van der Waals surface area contributed by atoms with Crippen molar-refractivity contribution in [1.29, 1.82) is 0 Å². The summed E-state index contributed by atoms with van der Waals surface area (Å²) in [5.74, 6) is 0.913. The average Bonchev–Trinajstić information content (AvgIpc) is 2.67. The Labute approximate surface area is 181 Å². The molecule has 1 aliphatic heterocycles. The number of piperidine rings is 1. The predicted octanol–water partition coefficient (Wildman–Crippen LogP) is 1.73. The third-order valence-corrected chi connectivity index (χ3v) is 4.53. The van der Waals surface area contributed by atoms with Crippen LogP contribution < -0.4 is 16.0 Å². The summed E-state index contributed by atoms with van der Waals surface area (Å²) in [7, 11) is 1.77. The van der Waals surface area contributed by atoms with Gasteiger partial charge in [0.15, 0.2) is 5.96 Å². The number of likely N-dealkylation sites (tertiary alicyclic amines) is 1. The first-order valence-electron chi connectivity index (χ1n) is 10.9. The van der Waals surface area contributed by atoms with Gasteiger partial charge in [-0.1, -0.05) is 13.8 Å². The zero-order chi connectivity index (χ0) is 22.6. The van der Waals surface area contributed by atoms with E-state index in [9.17, 15) is 9.59 Å². The predicted molar refractivity (Wildman–Crippen MR) is 119 cm³/mol. The molecule has 0 atom stereocenters. The molecule has 1 aliphatic rings. The van der Waals surface area contributed by atoms with E-state index in [2.05, 4.69) is 25.8 Å². The lowest BCUT2D eigenvalue weighted by molar-refractivity contribution is -0.123. The van der Waals surface area contributed by atoms with Crippen molar-refractivity contribution in [2.45, 2.75) is 65.6 Å². The van der Waals surface area contributed by atoms with E-state index in [0.29, 0.717) is 26.2 Å². The minimum atomic E-state index is -0.480. The maximum atomic E-state index is 11.6. The lowest BCUT2D eigenvalue weighted by Gasteiger charge is -2.34. The topological polar surface area (TPSA) is 104 Å². The molecule has 2 amide bonds. The fourth-order valence-electron chi connectivity index (χ4n) is 2.96. The highest BCUT2D eigenvalue weighted by atomic mass is 16.6. The Hall–Kier alpha value is -2.03. The number of ether oxygens (including phenoxy) is 2. The summed E-state index contributed by atoms with van der Waals surface area (Å²) in [6, 6.07) is 0. The summed E-state index contributed by atoms with van der Waals surface area (Å²) in [5.41, 5.74) is -0.480. The van der Waals surface area contributed by atoms with E-state index in [1.54, 1.807) is 7.05 Å². The Morgan fingerprint density at radius 3 is 2.27 bits per heavy atom. The molecular weight excluding hydrogens is 386 g/mol. The van der Waals surface area contributed by atoms with Crippen LogP contribution in [0.3, 0.4) is 0 Å². The largest absolute Gasteiger partial charge is 0.444 e. The van der Waals surface area contributed by atoms with Gasteiger partial charge < -0.3 is 30.3 Å². The van der Waals surface area contributed by atoms with Gasteiger partial charge in [0.05, 0.1) is 6.10 Å². The van der Waals surface area contributed by atoms with Crippen molar-refractivity contribution in [3.63, 3.8) is 0 Å². The Balaban J connectivity index is 2.15. The summed E-state index contributed by atoms with van der Waals surface area (Å²) < 4.78 is 11.2. The first-order chi connectivity index (χ1) is 14.1. The fourth-order valence-corrected chi connectivity index (χ4v) is 2.96. The number of carbonyl (C=O) groups excluding carboxylic acids is 2. The van der Waals surface area contributed by atoms with Gasteiger partial charge in [-0.15, -0.1) is 0 Å². The van der Waals surface area contributed by atoms with E-state index in [4.69, 9.17) is 9.47 Å². The number of hydrogen-bond donors (Lipinski definition) is 3. The highest BCUT2D eigenvalue weighted by Crippen LogP contribution is 2.14. The van der Waals surface area contributed by atoms with Crippen LogP contribution in [0.4, 0.5) is 4.79 Å². The van der Waals surface area contributed by atoms with Gasteiger partial charge in [0.1, 0.15) is 5.60 Å². The molecule has 0 unspecified atom stereocenters. The van der Waals surface area contributed by atoms with Crippen molar-refractivity contribution >= 4 is 18.0 Å². The van der Waals surface area contributed by atoms with Crippen molar-refractivity contribution in [1.82, 2.24) is 20.9 Å². The number of rotatable bonds is 9. The summed E-state index contributed by atoms with van der Waals surface area (Å²) in [6.45, 7) is 13.4. The van der Waals surface area contributed by atoms with E-state index in [1.165, 1.54) is 0 Å². The van der Waals surface area contributed by atoms with E-state index in [0.717, 1.165) is 38.3 Å². The molecule has 0 bridgehead atoms. The quantitative estimate of drug-likeness (QED) is 0.294. The van der Waals surface area contributed by atoms with Crippen molar-refractivity contribution < 1.29 is 19.1 Å². The van der Waals surface area contributed by atoms with Crippen molar-refractivity contribution in [3.8, 4) is 0 Å². The van der Waals surface area contributed by atoms with Crippen LogP contribution in [0.2, 0.25) is 0 Å². The normalized spacial score (nSPS) is 15.8. The average molecular weight is 428 g/mol. The van der Waals surface area contributed by atoms with Crippen LogP contribution in [0.1, 0.15) is 53.9 Å². The number of alkyl carbamates (subject to hydrolysis) is 1. The molecule has 1 rings (SSSR count). The van der Waals surface area contributed by atoms with E-state index >= 15 is 0 Å². The summed E-state index contributed by atoms with van der Waals surface area (Å²) >= 11 is 0. The maximum absolute atomic E-state index is 11.6. The number of guanidine groups is 1. The molecular formula is C21H41N5O4. The van der Waals surface area contributed by atoms with E-state index in [1.807, 2.05) is 34.6 Å². The molecule has 1 saturated heterocycles. The molecule has 1 fully saturated rings. The molecule has 30 heavy (non-hydrogen) atoms. The van der Waals surface area contributed by atoms with Gasteiger partial charge in [0.2, 0.25) is 5.91 Å². The highest BCUT2D eigenvalue weighted by molar-refractivity contribution is 5.80. The molecule has 9 heteroatoms. The minimum Gasteiger partial charge on any atom is -0.444 e. The third kappa shape index (κ3) is 11.2. The second-order valence-corrected chi connectivity index (χ2v) is 8.76. The molecule has 174 valence electrons. The molecule has 0 spiro atoms. The fraction of sp³-hybridized carbons (Fsp3) is 0.857. The zero-order valence-electron chi connectivity index (χ0n) is 19.5. The second-order valence-electron chi connectivity index (χ2n) is 8.76. The van der Waals surface area contributed by atoms with Gasteiger partial charge >= 0.3 is 6.09 Å². The number of nitrogens with one attached hydrogen (secondary N) is 3. The molecule has 0 aromatic carbocycles. The van der Waals surface area contributed by atoms with Crippen molar-refractivity contribution in [2.75, 3.05) is 46.4 Å².